The van der Waals surface area contributed by atoms with E-state index < -0.39 is 0 Å². The molecule has 0 atom stereocenters. The molecular formula is C24H20O. The molecule has 0 saturated carbocycles. The lowest BCUT2D eigenvalue weighted by atomic mass is 9.98. The third-order valence-electron chi connectivity index (χ3n) is 3.92. The highest BCUT2D eigenvalue weighted by molar-refractivity contribution is 6.09. The smallest absolute Gasteiger partial charge is 0.182 e. The minimum Gasteiger partial charge on any atom is -0.290 e. The SMILES string of the molecule is O=C(C=Cc1ccccc1)C(=Cc1ccccc1)Cc1ccccc1. The summed E-state index contributed by atoms with van der Waals surface area (Å²) >= 11 is 0. The van der Waals surface area contributed by atoms with E-state index in [0.717, 1.165) is 22.3 Å². The largest absolute Gasteiger partial charge is 0.290 e. The van der Waals surface area contributed by atoms with E-state index in [2.05, 4.69) is 0 Å². The molecule has 0 spiro atoms. The highest BCUT2D eigenvalue weighted by Gasteiger charge is 2.08. The molecule has 0 fully saturated rings. The van der Waals surface area contributed by atoms with Crippen molar-refractivity contribution in [1.29, 1.82) is 0 Å². The average molecular weight is 324 g/mol. The molecular weight excluding hydrogens is 304 g/mol. The van der Waals surface area contributed by atoms with Crippen LogP contribution in [0.2, 0.25) is 0 Å². The summed E-state index contributed by atoms with van der Waals surface area (Å²) in [5.41, 5.74) is 3.97. The van der Waals surface area contributed by atoms with Crippen LogP contribution in [0.3, 0.4) is 0 Å². The summed E-state index contributed by atoms with van der Waals surface area (Å²) in [5.74, 6) is 0.0385. The Morgan fingerprint density at radius 1 is 0.680 bits per heavy atom. The van der Waals surface area contributed by atoms with Gasteiger partial charge in [0.1, 0.15) is 0 Å². The Hall–Kier alpha value is -3.19. The van der Waals surface area contributed by atoms with Gasteiger partial charge in [-0.3, -0.25) is 4.79 Å². The van der Waals surface area contributed by atoms with E-state index in [-0.39, 0.29) is 5.78 Å². The van der Waals surface area contributed by atoms with Gasteiger partial charge in [0.25, 0.3) is 0 Å². The topological polar surface area (TPSA) is 17.1 Å². The molecule has 3 rings (SSSR count). The number of rotatable bonds is 6. The van der Waals surface area contributed by atoms with Gasteiger partial charge in [0.2, 0.25) is 0 Å². The van der Waals surface area contributed by atoms with Gasteiger partial charge in [-0.15, -0.1) is 0 Å². The molecule has 3 aromatic rings. The summed E-state index contributed by atoms with van der Waals surface area (Å²) in [6.45, 7) is 0. The van der Waals surface area contributed by atoms with Crippen molar-refractivity contribution in [2.75, 3.05) is 0 Å². The number of hydrogen-bond acceptors (Lipinski definition) is 1. The number of ketones is 1. The minimum absolute atomic E-state index is 0.0385. The molecule has 0 aliphatic carbocycles. The first-order chi connectivity index (χ1) is 12.3. The summed E-state index contributed by atoms with van der Waals surface area (Å²) in [4.78, 5) is 12.8. The lowest BCUT2D eigenvalue weighted by Gasteiger charge is -2.05. The van der Waals surface area contributed by atoms with Crippen molar-refractivity contribution >= 4 is 17.9 Å². The van der Waals surface area contributed by atoms with Crippen LogP contribution < -0.4 is 0 Å². The van der Waals surface area contributed by atoms with Crippen molar-refractivity contribution in [2.45, 2.75) is 6.42 Å². The van der Waals surface area contributed by atoms with Gasteiger partial charge in [-0.2, -0.15) is 0 Å². The normalized spacial score (nSPS) is 11.6. The number of hydrogen-bond donors (Lipinski definition) is 0. The van der Waals surface area contributed by atoms with Crippen molar-refractivity contribution in [3.63, 3.8) is 0 Å². The van der Waals surface area contributed by atoms with Crippen molar-refractivity contribution in [3.05, 3.63) is 119 Å². The second-order valence-electron chi connectivity index (χ2n) is 5.85. The summed E-state index contributed by atoms with van der Waals surface area (Å²) in [6, 6.07) is 29.9. The second-order valence-corrected chi connectivity index (χ2v) is 5.85. The molecule has 1 nitrogen and oxygen atoms in total. The fourth-order valence-electron chi connectivity index (χ4n) is 2.62. The van der Waals surface area contributed by atoms with Gasteiger partial charge in [0, 0.05) is 12.0 Å². The lowest BCUT2D eigenvalue weighted by molar-refractivity contribution is -0.111. The Kier molecular flexibility index (Phi) is 5.73. The molecule has 0 aliphatic rings. The Balaban J connectivity index is 1.86. The molecule has 0 aliphatic heterocycles. The van der Waals surface area contributed by atoms with Crippen molar-refractivity contribution in [2.24, 2.45) is 0 Å². The first-order valence-electron chi connectivity index (χ1n) is 8.38. The lowest BCUT2D eigenvalue weighted by Crippen LogP contribution is -2.02. The van der Waals surface area contributed by atoms with Crippen molar-refractivity contribution < 1.29 is 4.79 Å². The van der Waals surface area contributed by atoms with Crippen molar-refractivity contribution in [3.8, 4) is 0 Å². The summed E-state index contributed by atoms with van der Waals surface area (Å²) in [6.07, 6.45) is 6.12. The molecule has 0 aromatic heterocycles. The summed E-state index contributed by atoms with van der Waals surface area (Å²) in [5, 5.41) is 0. The van der Waals surface area contributed by atoms with Crippen LogP contribution in [0.15, 0.2) is 103 Å². The zero-order chi connectivity index (χ0) is 17.3. The number of benzene rings is 3. The second kappa shape index (κ2) is 8.60. The van der Waals surface area contributed by atoms with Crippen LogP contribution in [0, 0.1) is 0 Å². The third-order valence-corrected chi connectivity index (χ3v) is 3.92. The van der Waals surface area contributed by atoms with E-state index in [1.807, 2.05) is 103 Å². The fourth-order valence-corrected chi connectivity index (χ4v) is 2.62. The Morgan fingerprint density at radius 2 is 1.20 bits per heavy atom. The first kappa shape index (κ1) is 16.7. The Labute approximate surface area is 149 Å². The average Bonchev–Trinajstić information content (AvgIpc) is 2.68. The number of allylic oxidation sites excluding steroid dienone is 2. The molecule has 0 saturated heterocycles. The quantitative estimate of drug-likeness (QED) is 0.540. The van der Waals surface area contributed by atoms with E-state index >= 15 is 0 Å². The highest BCUT2D eigenvalue weighted by atomic mass is 16.1. The Morgan fingerprint density at radius 3 is 1.80 bits per heavy atom. The van der Waals surface area contributed by atoms with Gasteiger partial charge < -0.3 is 0 Å². The maximum Gasteiger partial charge on any atom is 0.182 e. The van der Waals surface area contributed by atoms with Crippen LogP contribution in [-0.2, 0) is 11.2 Å². The predicted octanol–water partition coefficient (Wildman–Crippen LogP) is 5.60. The van der Waals surface area contributed by atoms with E-state index in [9.17, 15) is 4.79 Å². The molecule has 0 amide bonds. The molecule has 0 N–H and O–H groups in total. The van der Waals surface area contributed by atoms with Gasteiger partial charge in [-0.05, 0) is 28.8 Å². The van der Waals surface area contributed by atoms with E-state index in [4.69, 9.17) is 0 Å². The summed E-state index contributed by atoms with van der Waals surface area (Å²) in [7, 11) is 0. The summed E-state index contributed by atoms with van der Waals surface area (Å²) < 4.78 is 0. The van der Waals surface area contributed by atoms with Crippen LogP contribution >= 0.6 is 0 Å². The van der Waals surface area contributed by atoms with Gasteiger partial charge in [-0.1, -0.05) is 97.1 Å². The number of carbonyl (C=O) groups is 1. The molecule has 0 unspecified atom stereocenters. The van der Waals surface area contributed by atoms with Crippen LogP contribution in [0.1, 0.15) is 16.7 Å². The third kappa shape index (κ3) is 5.15. The molecule has 122 valence electrons. The molecule has 0 radical (unpaired) electrons. The van der Waals surface area contributed by atoms with Gasteiger partial charge in [-0.25, -0.2) is 0 Å². The van der Waals surface area contributed by atoms with Crippen molar-refractivity contribution in [1.82, 2.24) is 0 Å². The highest BCUT2D eigenvalue weighted by Crippen LogP contribution is 2.15. The molecule has 0 heterocycles. The Bertz CT molecular complexity index is 860. The minimum atomic E-state index is 0.0385. The van der Waals surface area contributed by atoms with E-state index in [0.29, 0.717) is 6.42 Å². The zero-order valence-electron chi connectivity index (χ0n) is 14.0. The number of carbonyl (C=O) groups excluding carboxylic acids is 1. The molecule has 0 bridgehead atoms. The van der Waals surface area contributed by atoms with Gasteiger partial charge >= 0.3 is 0 Å². The fraction of sp³-hybridized carbons (Fsp3) is 0.0417. The first-order valence-corrected chi connectivity index (χ1v) is 8.38. The van der Waals surface area contributed by atoms with Crippen LogP contribution in [0.5, 0.6) is 0 Å². The standard InChI is InChI=1S/C24H20O/c25-24(17-16-20-10-4-1-5-11-20)23(18-21-12-6-2-7-13-21)19-22-14-8-3-9-15-22/h1-18H,19H2. The van der Waals surface area contributed by atoms with Gasteiger partial charge in [0.05, 0.1) is 0 Å². The predicted molar refractivity (Wildman–Crippen MR) is 105 cm³/mol. The van der Waals surface area contributed by atoms with Gasteiger partial charge in [0.15, 0.2) is 5.78 Å². The molecule has 3 aromatic carbocycles. The van der Waals surface area contributed by atoms with E-state index in [1.165, 1.54) is 0 Å². The monoisotopic (exact) mass is 324 g/mol. The van der Waals surface area contributed by atoms with Crippen LogP contribution in [0.4, 0.5) is 0 Å². The molecule has 1 heteroatoms. The zero-order valence-corrected chi connectivity index (χ0v) is 14.0. The maximum atomic E-state index is 12.8. The van der Waals surface area contributed by atoms with E-state index in [1.54, 1.807) is 6.08 Å². The maximum absolute atomic E-state index is 12.8. The molecule has 25 heavy (non-hydrogen) atoms. The van der Waals surface area contributed by atoms with Crippen LogP contribution in [-0.4, -0.2) is 5.78 Å². The van der Waals surface area contributed by atoms with Crippen LogP contribution in [0.25, 0.3) is 12.2 Å².